The second kappa shape index (κ2) is 6.25. The lowest BCUT2D eigenvalue weighted by atomic mass is 10.2. The van der Waals surface area contributed by atoms with Gasteiger partial charge in [-0.3, -0.25) is 4.90 Å². The van der Waals surface area contributed by atoms with Crippen LogP contribution in [0.5, 0.6) is 0 Å². The minimum absolute atomic E-state index is 0.786. The molecule has 0 atom stereocenters. The van der Waals surface area contributed by atoms with E-state index in [9.17, 15) is 0 Å². The predicted octanol–water partition coefficient (Wildman–Crippen LogP) is 3.68. The van der Waals surface area contributed by atoms with Crippen LogP contribution >= 0.6 is 24.0 Å². The van der Waals surface area contributed by atoms with Crippen molar-refractivity contribution in [2.45, 2.75) is 38.3 Å². The maximum Gasteiger partial charge on any atom is 0.138 e. The molecule has 2 nitrogen and oxygen atoms in total. The Bertz CT molecular complexity index is 429. The van der Waals surface area contributed by atoms with Crippen LogP contribution in [0.3, 0.4) is 0 Å². The van der Waals surface area contributed by atoms with Gasteiger partial charge in [0, 0.05) is 12.6 Å². The van der Waals surface area contributed by atoms with Gasteiger partial charge in [-0.2, -0.15) is 0 Å². The van der Waals surface area contributed by atoms with Crippen molar-refractivity contribution in [3.05, 3.63) is 35.9 Å². The van der Waals surface area contributed by atoms with E-state index in [1.807, 2.05) is 11.8 Å². The van der Waals surface area contributed by atoms with Crippen LogP contribution < -0.4 is 0 Å². The monoisotopic (exact) mass is 292 g/mol. The summed E-state index contributed by atoms with van der Waals surface area (Å²) in [5, 5.41) is 0. The summed E-state index contributed by atoms with van der Waals surface area (Å²) in [4.78, 5) is 4.95. The standard InChI is InChI=1S/C15H20N2S2/c18-15-16(10-13-6-2-1-3-7-13)11-17(12-19-15)14-8-4-5-9-14/h1-3,6-7,14H,4-5,8-12H2. The fourth-order valence-corrected chi connectivity index (χ4v) is 4.11. The van der Waals surface area contributed by atoms with Crippen LogP contribution in [0.4, 0.5) is 0 Å². The summed E-state index contributed by atoms with van der Waals surface area (Å²) in [5.74, 6) is 1.08. The Balaban J connectivity index is 1.64. The van der Waals surface area contributed by atoms with Gasteiger partial charge in [-0.1, -0.05) is 67.2 Å². The summed E-state index contributed by atoms with van der Waals surface area (Å²) >= 11 is 7.34. The van der Waals surface area contributed by atoms with Gasteiger partial charge < -0.3 is 4.90 Å². The first-order chi connectivity index (χ1) is 9.33. The number of hydrogen-bond donors (Lipinski definition) is 0. The zero-order valence-electron chi connectivity index (χ0n) is 11.1. The van der Waals surface area contributed by atoms with E-state index in [0.29, 0.717) is 0 Å². The summed E-state index contributed by atoms with van der Waals surface area (Å²) in [6, 6.07) is 11.4. The van der Waals surface area contributed by atoms with Gasteiger partial charge in [0.2, 0.25) is 0 Å². The molecule has 2 aliphatic rings. The summed E-state index contributed by atoms with van der Waals surface area (Å²) in [7, 11) is 0. The van der Waals surface area contributed by atoms with Crippen molar-refractivity contribution in [2.75, 3.05) is 12.5 Å². The Kier molecular flexibility index (Phi) is 4.41. The zero-order valence-corrected chi connectivity index (χ0v) is 12.8. The summed E-state index contributed by atoms with van der Waals surface area (Å²) < 4.78 is 1.05. The third-order valence-corrected chi connectivity index (χ3v) is 5.60. The quantitative estimate of drug-likeness (QED) is 0.784. The molecule has 0 bridgehead atoms. The van der Waals surface area contributed by atoms with E-state index in [2.05, 4.69) is 40.1 Å². The highest BCUT2D eigenvalue weighted by Crippen LogP contribution is 2.29. The molecule has 1 aromatic carbocycles. The van der Waals surface area contributed by atoms with Crippen LogP contribution in [0, 0.1) is 0 Å². The molecule has 0 amide bonds. The Morgan fingerprint density at radius 1 is 1.16 bits per heavy atom. The summed E-state index contributed by atoms with van der Waals surface area (Å²) in [6.07, 6.45) is 5.53. The molecular formula is C15H20N2S2. The van der Waals surface area contributed by atoms with Gasteiger partial charge in [-0.15, -0.1) is 0 Å². The minimum Gasteiger partial charge on any atom is -0.340 e. The number of benzene rings is 1. The first-order valence-electron chi connectivity index (χ1n) is 7.02. The first kappa shape index (κ1) is 13.4. The lowest BCUT2D eigenvalue weighted by Gasteiger charge is -2.39. The van der Waals surface area contributed by atoms with Crippen LogP contribution in [0.15, 0.2) is 30.3 Å². The highest BCUT2D eigenvalue weighted by molar-refractivity contribution is 8.22. The van der Waals surface area contributed by atoms with Crippen LogP contribution in [-0.2, 0) is 6.54 Å². The van der Waals surface area contributed by atoms with E-state index >= 15 is 0 Å². The van der Waals surface area contributed by atoms with Crippen molar-refractivity contribution >= 4 is 28.3 Å². The van der Waals surface area contributed by atoms with Gasteiger partial charge in [0.1, 0.15) is 4.32 Å². The molecule has 0 unspecified atom stereocenters. The molecule has 0 radical (unpaired) electrons. The highest BCUT2D eigenvalue weighted by Gasteiger charge is 2.28. The topological polar surface area (TPSA) is 6.48 Å². The summed E-state index contributed by atoms with van der Waals surface area (Å²) in [5.41, 5.74) is 1.35. The molecular weight excluding hydrogens is 272 g/mol. The van der Waals surface area contributed by atoms with E-state index < -0.39 is 0 Å². The number of rotatable bonds is 3. The molecule has 0 N–H and O–H groups in total. The number of hydrogen-bond acceptors (Lipinski definition) is 3. The van der Waals surface area contributed by atoms with Gasteiger partial charge in [-0.25, -0.2) is 0 Å². The minimum atomic E-state index is 0.786. The molecule has 1 aromatic rings. The molecule has 102 valence electrons. The van der Waals surface area contributed by atoms with Crippen LogP contribution in [0.25, 0.3) is 0 Å². The third kappa shape index (κ3) is 3.30. The molecule has 1 saturated carbocycles. The molecule has 0 aromatic heterocycles. The largest absolute Gasteiger partial charge is 0.340 e. The van der Waals surface area contributed by atoms with Crippen molar-refractivity contribution in [3.8, 4) is 0 Å². The second-order valence-electron chi connectivity index (χ2n) is 5.39. The smallest absolute Gasteiger partial charge is 0.138 e. The van der Waals surface area contributed by atoms with Crippen molar-refractivity contribution in [1.82, 2.24) is 9.80 Å². The Labute approximate surface area is 125 Å². The van der Waals surface area contributed by atoms with Crippen LogP contribution in [0.1, 0.15) is 31.2 Å². The molecule has 1 aliphatic heterocycles. The second-order valence-corrected chi connectivity index (χ2v) is 6.97. The fourth-order valence-electron chi connectivity index (χ4n) is 2.96. The molecule has 1 heterocycles. The van der Waals surface area contributed by atoms with Crippen molar-refractivity contribution < 1.29 is 0 Å². The average molecular weight is 292 g/mol. The molecule has 0 spiro atoms. The lowest BCUT2D eigenvalue weighted by molar-refractivity contribution is 0.155. The lowest BCUT2D eigenvalue weighted by Crippen LogP contribution is -2.47. The van der Waals surface area contributed by atoms with Gasteiger partial charge in [-0.05, 0) is 18.4 Å². The van der Waals surface area contributed by atoms with Gasteiger partial charge in [0.25, 0.3) is 0 Å². The van der Waals surface area contributed by atoms with Crippen LogP contribution in [0.2, 0.25) is 0 Å². The highest BCUT2D eigenvalue weighted by atomic mass is 32.2. The average Bonchev–Trinajstić information content (AvgIpc) is 2.96. The zero-order chi connectivity index (χ0) is 13.1. The van der Waals surface area contributed by atoms with E-state index in [4.69, 9.17) is 12.2 Å². The van der Waals surface area contributed by atoms with E-state index in [-0.39, 0.29) is 0 Å². The van der Waals surface area contributed by atoms with Crippen molar-refractivity contribution in [3.63, 3.8) is 0 Å². The predicted molar refractivity (Wildman–Crippen MR) is 86.0 cm³/mol. The maximum atomic E-state index is 5.52. The van der Waals surface area contributed by atoms with Crippen LogP contribution in [-0.4, -0.2) is 32.7 Å². The van der Waals surface area contributed by atoms with Crippen molar-refractivity contribution in [1.29, 1.82) is 0 Å². The van der Waals surface area contributed by atoms with E-state index in [1.165, 1.54) is 31.2 Å². The number of thiocarbonyl (C=S) groups is 1. The molecule has 1 saturated heterocycles. The SMILES string of the molecule is S=C1SCN(C2CCCC2)CN1Cc1ccccc1. The Morgan fingerprint density at radius 2 is 1.89 bits per heavy atom. The third-order valence-electron chi connectivity index (χ3n) is 4.02. The molecule has 4 heteroatoms. The molecule has 19 heavy (non-hydrogen) atoms. The van der Waals surface area contributed by atoms with Gasteiger partial charge in [0.15, 0.2) is 0 Å². The van der Waals surface area contributed by atoms with E-state index in [1.54, 1.807) is 0 Å². The Hall–Kier alpha value is -0.580. The normalized spacial score (nSPS) is 22.1. The first-order valence-corrected chi connectivity index (χ1v) is 8.42. The van der Waals surface area contributed by atoms with Gasteiger partial charge in [0.05, 0.1) is 12.5 Å². The molecule has 1 aliphatic carbocycles. The van der Waals surface area contributed by atoms with Crippen molar-refractivity contribution in [2.24, 2.45) is 0 Å². The maximum absolute atomic E-state index is 5.52. The van der Waals surface area contributed by atoms with Gasteiger partial charge >= 0.3 is 0 Å². The Morgan fingerprint density at radius 3 is 2.63 bits per heavy atom. The molecule has 3 rings (SSSR count). The molecule has 2 fully saturated rings. The van der Waals surface area contributed by atoms with E-state index in [0.717, 1.165) is 29.5 Å². The number of thioether (sulfide) groups is 1. The fraction of sp³-hybridized carbons (Fsp3) is 0.533. The number of nitrogens with zero attached hydrogens (tertiary/aromatic N) is 2. The summed E-state index contributed by atoms with van der Waals surface area (Å²) in [6.45, 7) is 1.95.